The van der Waals surface area contributed by atoms with E-state index in [9.17, 15) is 9.59 Å². The van der Waals surface area contributed by atoms with Crippen molar-refractivity contribution >= 4 is 22.5 Å². The zero-order valence-electron chi connectivity index (χ0n) is 11.9. The lowest BCUT2D eigenvalue weighted by Gasteiger charge is -2.17. The molecule has 0 spiro atoms. The summed E-state index contributed by atoms with van der Waals surface area (Å²) in [6, 6.07) is 14.4. The number of hydrogen-bond acceptors (Lipinski definition) is 2. The lowest BCUT2D eigenvalue weighted by atomic mass is 10.0. The molecule has 0 bridgehead atoms. The van der Waals surface area contributed by atoms with Crippen LogP contribution in [0.4, 0.5) is 0 Å². The van der Waals surface area contributed by atoms with E-state index in [4.69, 9.17) is 0 Å². The average molecular weight is 269 g/mol. The van der Waals surface area contributed by atoms with E-state index in [0.717, 1.165) is 6.42 Å². The van der Waals surface area contributed by atoms with Gasteiger partial charge in [0.2, 0.25) is 5.91 Å². The third-order valence-electron chi connectivity index (χ3n) is 3.42. The minimum absolute atomic E-state index is 0.00790. The number of Topliss-reactive ketones (excluding diaryl/α,β-unsaturated/α-hetero) is 1. The van der Waals surface area contributed by atoms with Crippen LogP contribution in [0.5, 0.6) is 0 Å². The molecule has 0 radical (unpaired) electrons. The van der Waals surface area contributed by atoms with E-state index in [1.165, 1.54) is 23.3 Å². The molecule has 3 heteroatoms. The van der Waals surface area contributed by atoms with Gasteiger partial charge in [0.1, 0.15) is 5.78 Å². The van der Waals surface area contributed by atoms with Crippen molar-refractivity contribution in [3.63, 3.8) is 0 Å². The predicted octanol–water partition coefficient (Wildman–Crippen LogP) is 2.82. The van der Waals surface area contributed by atoms with Crippen LogP contribution in [-0.4, -0.2) is 30.2 Å². The molecular formula is C17H19NO2. The number of fused-ring (bicyclic) bond motifs is 1. The highest BCUT2D eigenvalue weighted by Crippen LogP contribution is 2.19. The van der Waals surface area contributed by atoms with Crippen molar-refractivity contribution in [1.82, 2.24) is 4.90 Å². The lowest BCUT2D eigenvalue weighted by molar-refractivity contribution is -0.133. The molecule has 2 aromatic rings. The maximum Gasteiger partial charge on any atom is 0.229 e. The Morgan fingerprint density at radius 1 is 1.05 bits per heavy atom. The first-order valence-corrected chi connectivity index (χ1v) is 6.78. The highest BCUT2D eigenvalue weighted by molar-refractivity contribution is 5.96. The summed E-state index contributed by atoms with van der Waals surface area (Å²) in [7, 11) is 1.75. The molecular weight excluding hydrogens is 250 g/mol. The van der Waals surface area contributed by atoms with Gasteiger partial charge < -0.3 is 4.90 Å². The van der Waals surface area contributed by atoms with E-state index in [-0.39, 0.29) is 18.1 Å². The number of likely N-dealkylation sites (N-methyl/N-ethyl adjacent to an activating group) is 1. The second-order valence-corrected chi connectivity index (χ2v) is 5.08. The molecule has 2 aromatic carbocycles. The third kappa shape index (κ3) is 3.44. The van der Waals surface area contributed by atoms with Gasteiger partial charge in [0.25, 0.3) is 0 Å². The molecule has 2 rings (SSSR count). The Hall–Kier alpha value is -2.16. The highest BCUT2D eigenvalue weighted by atomic mass is 16.2. The number of nitrogens with zero attached hydrogens (tertiary/aromatic N) is 1. The van der Waals surface area contributed by atoms with Gasteiger partial charge in [0.15, 0.2) is 0 Å². The standard InChI is InChI=1S/C17H19NO2/c1-13(19)12-17(20)18(2)11-10-15-8-5-7-14-6-3-4-9-16(14)15/h3-9H,10-12H2,1-2H3. The maximum atomic E-state index is 11.7. The summed E-state index contributed by atoms with van der Waals surface area (Å²) in [5.74, 6) is -0.204. The van der Waals surface area contributed by atoms with Gasteiger partial charge in [-0.3, -0.25) is 9.59 Å². The Balaban J connectivity index is 2.06. The van der Waals surface area contributed by atoms with Crippen molar-refractivity contribution in [3.8, 4) is 0 Å². The van der Waals surface area contributed by atoms with Crippen molar-refractivity contribution in [2.45, 2.75) is 19.8 Å². The fourth-order valence-electron chi connectivity index (χ4n) is 2.27. The number of amides is 1. The molecule has 0 saturated heterocycles. The first-order valence-electron chi connectivity index (χ1n) is 6.78. The zero-order chi connectivity index (χ0) is 14.5. The Bertz CT molecular complexity index is 628. The van der Waals surface area contributed by atoms with Crippen LogP contribution in [0.2, 0.25) is 0 Å². The topological polar surface area (TPSA) is 37.4 Å². The van der Waals surface area contributed by atoms with Gasteiger partial charge in [-0.15, -0.1) is 0 Å². The summed E-state index contributed by atoms with van der Waals surface area (Å²) in [5.41, 5.74) is 1.23. The second-order valence-electron chi connectivity index (χ2n) is 5.08. The minimum Gasteiger partial charge on any atom is -0.345 e. The van der Waals surface area contributed by atoms with Crippen LogP contribution in [0.1, 0.15) is 18.9 Å². The second kappa shape index (κ2) is 6.33. The van der Waals surface area contributed by atoms with Gasteiger partial charge in [-0.2, -0.15) is 0 Å². The van der Waals surface area contributed by atoms with E-state index in [1.54, 1.807) is 11.9 Å². The Morgan fingerprint density at radius 3 is 2.50 bits per heavy atom. The van der Waals surface area contributed by atoms with E-state index in [0.29, 0.717) is 6.54 Å². The van der Waals surface area contributed by atoms with Crippen LogP contribution in [-0.2, 0) is 16.0 Å². The van der Waals surface area contributed by atoms with Gasteiger partial charge in [0.05, 0.1) is 6.42 Å². The number of rotatable bonds is 5. The fraction of sp³-hybridized carbons (Fsp3) is 0.294. The monoisotopic (exact) mass is 269 g/mol. The molecule has 0 aliphatic rings. The first-order chi connectivity index (χ1) is 9.58. The van der Waals surface area contributed by atoms with Gasteiger partial charge in [-0.25, -0.2) is 0 Å². The Morgan fingerprint density at radius 2 is 1.75 bits per heavy atom. The van der Waals surface area contributed by atoms with Crippen molar-refractivity contribution in [3.05, 3.63) is 48.0 Å². The molecule has 0 fully saturated rings. The van der Waals surface area contributed by atoms with Crippen molar-refractivity contribution in [2.24, 2.45) is 0 Å². The van der Waals surface area contributed by atoms with Crippen molar-refractivity contribution in [2.75, 3.05) is 13.6 Å². The van der Waals surface area contributed by atoms with Gasteiger partial charge in [-0.1, -0.05) is 42.5 Å². The van der Waals surface area contributed by atoms with E-state index < -0.39 is 0 Å². The molecule has 1 amide bonds. The molecule has 0 N–H and O–H groups in total. The maximum absolute atomic E-state index is 11.7. The Kier molecular flexibility index (Phi) is 4.51. The molecule has 3 nitrogen and oxygen atoms in total. The van der Waals surface area contributed by atoms with Gasteiger partial charge in [0, 0.05) is 13.6 Å². The minimum atomic E-state index is -0.113. The number of benzene rings is 2. The molecule has 0 aromatic heterocycles. The summed E-state index contributed by atoms with van der Waals surface area (Å²) >= 11 is 0. The van der Waals surface area contributed by atoms with Crippen LogP contribution < -0.4 is 0 Å². The van der Waals surface area contributed by atoms with E-state index in [1.807, 2.05) is 18.2 Å². The molecule has 0 aliphatic heterocycles. The third-order valence-corrected chi connectivity index (χ3v) is 3.42. The number of ketones is 1. The summed E-state index contributed by atoms with van der Waals surface area (Å²) in [6.45, 7) is 2.07. The molecule has 20 heavy (non-hydrogen) atoms. The van der Waals surface area contributed by atoms with Crippen LogP contribution in [0, 0.1) is 0 Å². The number of hydrogen-bond donors (Lipinski definition) is 0. The zero-order valence-corrected chi connectivity index (χ0v) is 11.9. The SMILES string of the molecule is CC(=O)CC(=O)N(C)CCc1cccc2ccccc12. The highest BCUT2D eigenvalue weighted by Gasteiger charge is 2.11. The average Bonchev–Trinajstić information content (AvgIpc) is 2.44. The number of carbonyl (C=O) groups is 2. The largest absolute Gasteiger partial charge is 0.345 e. The van der Waals surface area contributed by atoms with Crippen LogP contribution >= 0.6 is 0 Å². The molecule has 0 heterocycles. The van der Waals surface area contributed by atoms with Crippen LogP contribution in [0.3, 0.4) is 0 Å². The fourth-order valence-corrected chi connectivity index (χ4v) is 2.27. The molecule has 0 atom stereocenters. The van der Waals surface area contributed by atoms with E-state index in [2.05, 4.69) is 24.3 Å². The summed E-state index contributed by atoms with van der Waals surface area (Å²) in [4.78, 5) is 24.3. The Labute approximate surface area is 119 Å². The van der Waals surface area contributed by atoms with E-state index >= 15 is 0 Å². The lowest BCUT2D eigenvalue weighted by Crippen LogP contribution is -2.30. The summed E-state index contributed by atoms with van der Waals surface area (Å²) in [5, 5.41) is 2.44. The summed E-state index contributed by atoms with van der Waals surface area (Å²) in [6.07, 6.45) is 0.785. The van der Waals surface area contributed by atoms with Crippen molar-refractivity contribution in [1.29, 1.82) is 0 Å². The van der Waals surface area contributed by atoms with Gasteiger partial charge >= 0.3 is 0 Å². The first kappa shape index (κ1) is 14.3. The summed E-state index contributed by atoms with van der Waals surface area (Å²) < 4.78 is 0. The quantitative estimate of drug-likeness (QED) is 0.783. The van der Waals surface area contributed by atoms with Crippen LogP contribution in [0.15, 0.2) is 42.5 Å². The molecule has 0 aliphatic carbocycles. The van der Waals surface area contributed by atoms with Gasteiger partial charge in [-0.05, 0) is 29.7 Å². The molecule has 0 saturated carbocycles. The molecule has 104 valence electrons. The predicted molar refractivity (Wildman–Crippen MR) is 80.6 cm³/mol. The van der Waals surface area contributed by atoms with Crippen LogP contribution in [0.25, 0.3) is 10.8 Å². The number of carbonyl (C=O) groups excluding carboxylic acids is 2. The van der Waals surface area contributed by atoms with Crippen molar-refractivity contribution < 1.29 is 9.59 Å². The normalized spacial score (nSPS) is 10.5. The molecule has 0 unspecified atom stereocenters. The smallest absolute Gasteiger partial charge is 0.229 e.